The quantitative estimate of drug-likeness (QED) is 0.564. The zero-order valence-electron chi connectivity index (χ0n) is 10.5. The van der Waals surface area contributed by atoms with Crippen LogP contribution in [0.4, 0.5) is 4.39 Å². The van der Waals surface area contributed by atoms with Crippen LogP contribution in [0.5, 0.6) is 5.75 Å². The molecule has 0 bridgehead atoms. The summed E-state index contributed by atoms with van der Waals surface area (Å²) in [5.74, 6) is -0.0259. The van der Waals surface area contributed by atoms with Crippen molar-refractivity contribution in [3.8, 4) is 5.75 Å². The molecule has 0 unspecified atom stereocenters. The van der Waals surface area contributed by atoms with Crippen LogP contribution in [0, 0.1) is 5.82 Å². The number of thiocarbonyl (C=S) groups is 1. The van der Waals surface area contributed by atoms with E-state index in [9.17, 15) is 4.39 Å². The van der Waals surface area contributed by atoms with Crippen molar-refractivity contribution in [2.24, 2.45) is 5.73 Å². The summed E-state index contributed by atoms with van der Waals surface area (Å²) in [5, 5.41) is 0.903. The van der Waals surface area contributed by atoms with Gasteiger partial charge in [0.25, 0.3) is 0 Å². The van der Waals surface area contributed by atoms with Gasteiger partial charge in [0.1, 0.15) is 23.2 Å². The SMILES string of the molecule is NC(=S)c1cc(COc2cc(Cl)c(Br)cc2Cl)ccc1F. The summed E-state index contributed by atoms with van der Waals surface area (Å²) in [4.78, 5) is -0.000862. The van der Waals surface area contributed by atoms with Crippen LogP contribution in [0.15, 0.2) is 34.8 Å². The molecule has 0 saturated carbocycles. The molecule has 2 rings (SSSR count). The van der Waals surface area contributed by atoms with Crippen LogP contribution in [0.25, 0.3) is 0 Å². The number of hydrogen-bond acceptors (Lipinski definition) is 2. The van der Waals surface area contributed by atoms with Gasteiger partial charge in [-0.2, -0.15) is 0 Å². The third-order valence-corrected chi connectivity index (χ3v) is 4.38. The molecule has 0 radical (unpaired) electrons. The van der Waals surface area contributed by atoms with Crippen LogP contribution in [0.2, 0.25) is 10.0 Å². The van der Waals surface area contributed by atoms with Gasteiger partial charge in [-0.1, -0.05) is 41.5 Å². The van der Waals surface area contributed by atoms with Gasteiger partial charge in [0.2, 0.25) is 0 Å². The fourth-order valence-corrected chi connectivity index (χ4v) is 2.63. The first-order chi connectivity index (χ1) is 9.88. The number of hydrogen-bond donors (Lipinski definition) is 1. The maximum atomic E-state index is 13.5. The van der Waals surface area contributed by atoms with Gasteiger partial charge < -0.3 is 10.5 Å². The van der Waals surface area contributed by atoms with Crippen LogP contribution in [-0.4, -0.2) is 4.99 Å². The molecular formula is C14H9BrCl2FNOS. The minimum atomic E-state index is -0.462. The molecule has 0 saturated heterocycles. The highest BCUT2D eigenvalue weighted by molar-refractivity contribution is 9.10. The summed E-state index contributed by atoms with van der Waals surface area (Å²) in [6.45, 7) is 0.188. The summed E-state index contributed by atoms with van der Waals surface area (Å²) in [5.41, 5.74) is 6.36. The van der Waals surface area contributed by atoms with Crippen molar-refractivity contribution in [2.75, 3.05) is 0 Å². The fourth-order valence-electron chi connectivity index (χ4n) is 1.63. The molecule has 0 aliphatic heterocycles. The first-order valence-corrected chi connectivity index (χ1v) is 7.69. The van der Waals surface area contributed by atoms with E-state index in [1.807, 2.05) is 0 Å². The predicted molar refractivity (Wildman–Crippen MR) is 90.8 cm³/mol. The third-order valence-electron chi connectivity index (χ3n) is 2.67. The second-order valence-corrected chi connectivity index (χ2v) is 6.27. The van der Waals surface area contributed by atoms with Crippen LogP contribution in [-0.2, 0) is 6.61 Å². The van der Waals surface area contributed by atoms with Crippen molar-refractivity contribution in [2.45, 2.75) is 6.61 Å². The molecule has 0 heterocycles. The van der Waals surface area contributed by atoms with Crippen LogP contribution < -0.4 is 10.5 Å². The molecule has 2 N–H and O–H groups in total. The van der Waals surface area contributed by atoms with E-state index >= 15 is 0 Å². The molecule has 0 spiro atoms. The van der Waals surface area contributed by atoms with Gasteiger partial charge >= 0.3 is 0 Å². The molecule has 2 aromatic rings. The van der Waals surface area contributed by atoms with Crippen molar-refractivity contribution >= 4 is 56.3 Å². The molecule has 0 amide bonds. The largest absolute Gasteiger partial charge is 0.487 e. The predicted octanol–water partition coefficient (Wildman–Crippen LogP) is 5.11. The van der Waals surface area contributed by atoms with E-state index in [2.05, 4.69) is 15.9 Å². The monoisotopic (exact) mass is 407 g/mol. The molecule has 0 aliphatic rings. The zero-order valence-corrected chi connectivity index (χ0v) is 14.4. The first kappa shape index (κ1) is 16.5. The number of ether oxygens (including phenoxy) is 1. The standard InChI is InChI=1S/C14H9BrCl2FNOS/c15-9-4-11(17)13(5-10(9)16)20-6-7-1-2-12(18)8(3-7)14(19)21/h1-5H,6H2,(H2,19,21). The highest BCUT2D eigenvalue weighted by atomic mass is 79.9. The lowest BCUT2D eigenvalue weighted by molar-refractivity contribution is 0.306. The summed E-state index contributed by atoms with van der Waals surface area (Å²) >= 11 is 20.1. The Kier molecular flexibility index (Phi) is 5.43. The Labute approximate surface area is 145 Å². The lowest BCUT2D eigenvalue weighted by Crippen LogP contribution is -2.12. The number of benzene rings is 2. The van der Waals surface area contributed by atoms with E-state index in [1.165, 1.54) is 6.07 Å². The number of halogens is 4. The molecule has 110 valence electrons. The Morgan fingerprint density at radius 2 is 1.95 bits per heavy atom. The lowest BCUT2D eigenvalue weighted by atomic mass is 10.1. The Hall–Kier alpha value is -0.880. The zero-order chi connectivity index (χ0) is 15.6. The van der Waals surface area contributed by atoms with Gasteiger partial charge in [-0.05, 0) is 39.7 Å². The van der Waals surface area contributed by atoms with E-state index in [0.717, 1.165) is 0 Å². The Bertz CT molecular complexity index is 712. The first-order valence-electron chi connectivity index (χ1n) is 5.74. The van der Waals surface area contributed by atoms with E-state index in [0.29, 0.717) is 25.8 Å². The van der Waals surface area contributed by atoms with Gasteiger partial charge in [-0.3, -0.25) is 0 Å². The van der Waals surface area contributed by atoms with Crippen LogP contribution in [0.3, 0.4) is 0 Å². The minimum Gasteiger partial charge on any atom is -0.487 e. The van der Waals surface area contributed by atoms with Crippen LogP contribution in [0.1, 0.15) is 11.1 Å². The summed E-state index contributed by atoms with van der Waals surface area (Å²) in [6.07, 6.45) is 0. The van der Waals surface area contributed by atoms with Gasteiger partial charge in [-0.15, -0.1) is 0 Å². The van der Waals surface area contributed by atoms with E-state index in [-0.39, 0.29) is 17.2 Å². The lowest BCUT2D eigenvalue weighted by Gasteiger charge is -2.10. The molecule has 2 nitrogen and oxygen atoms in total. The topological polar surface area (TPSA) is 35.2 Å². The van der Waals surface area contributed by atoms with Crippen molar-refractivity contribution in [1.29, 1.82) is 0 Å². The smallest absolute Gasteiger partial charge is 0.139 e. The Morgan fingerprint density at radius 3 is 2.62 bits per heavy atom. The Balaban J connectivity index is 2.19. The van der Waals surface area contributed by atoms with Gasteiger partial charge in [-0.25, -0.2) is 4.39 Å². The normalized spacial score (nSPS) is 10.5. The molecule has 21 heavy (non-hydrogen) atoms. The molecule has 0 aliphatic carbocycles. The number of rotatable bonds is 4. The molecule has 0 aromatic heterocycles. The van der Waals surface area contributed by atoms with Crippen molar-refractivity contribution < 1.29 is 9.13 Å². The summed E-state index contributed by atoms with van der Waals surface area (Å²) in [7, 11) is 0. The van der Waals surface area contributed by atoms with Gasteiger partial charge in [0.05, 0.1) is 10.0 Å². The average Bonchev–Trinajstić information content (AvgIpc) is 2.42. The maximum Gasteiger partial charge on any atom is 0.139 e. The second-order valence-electron chi connectivity index (χ2n) is 4.16. The van der Waals surface area contributed by atoms with Crippen molar-refractivity contribution in [3.05, 3.63) is 61.8 Å². The summed E-state index contributed by atoms with van der Waals surface area (Å²) in [6, 6.07) is 7.68. The number of nitrogens with two attached hydrogens (primary N) is 1. The Morgan fingerprint density at radius 1 is 1.24 bits per heavy atom. The fraction of sp³-hybridized carbons (Fsp3) is 0.0714. The molecule has 2 aromatic carbocycles. The molecule has 0 fully saturated rings. The maximum absolute atomic E-state index is 13.5. The van der Waals surface area contributed by atoms with E-state index < -0.39 is 5.82 Å². The van der Waals surface area contributed by atoms with Gasteiger partial charge in [0.15, 0.2) is 0 Å². The summed E-state index contributed by atoms with van der Waals surface area (Å²) < 4.78 is 19.8. The van der Waals surface area contributed by atoms with Crippen molar-refractivity contribution in [1.82, 2.24) is 0 Å². The molecule has 7 heteroatoms. The highest BCUT2D eigenvalue weighted by Crippen LogP contribution is 2.34. The molecule has 0 atom stereocenters. The third kappa shape index (κ3) is 4.07. The van der Waals surface area contributed by atoms with E-state index in [1.54, 1.807) is 24.3 Å². The van der Waals surface area contributed by atoms with Crippen molar-refractivity contribution in [3.63, 3.8) is 0 Å². The highest BCUT2D eigenvalue weighted by Gasteiger charge is 2.09. The van der Waals surface area contributed by atoms with Gasteiger partial charge in [0, 0.05) is 16.1 Å². The molecular weight excluding hydrogens is 400 g/mol. The second kappa shape index (κ2) is 6.92. The van der Waals surface area contributed by atoms with E-state index in [4.69, 9.17) is 45.9 Å². The minimum absolute atomic E-state index is 0.000862. The average molecular weight is 409 g/mol. The van der Waals surface area contributed by atoms with Crippen LogP contribution >= 0.6 is 51.3 Å².